The standard InChI is InChI=1S/C30H35N7O2S/c1-17-4-7-21(12-31)36(15-17)30(38)19-8-22-28(25(9-19)39-3)35(2)29(34-22)24-11-27-23(37(24)16-18-5-6-18)10-26(40-27)20-13-32-33-14-20/h8-11,13-14,17-18,21H,4-7,12,15-16,31H2,1-3H3,(H,32,33)/t17-,21-/m1/s1. The van der Waals surface area contributed by atoms with Gasteiger partial charge in [0.1, 0.15) is 11.3 Å². The molecule has 3 N–H and O–H groups in total. The van der Waals surface area contributed by atoms with E-state index in [9.17, 15) is 4.79 Å². The number of likely N-dealkylation sites (tertiary alicyclic amines) is 1. The van der Waals surface area contributed by atoms with Gasteiger partial charge in [-0.3, -0.25) is 9.89 Å². The number of thiophene rings is 1. The van der Waals surface area contributed by atoms with Gasteiger partial charge in [0, 0.05) is 54.9 Å². The number of amides is 1. The second-order valence-corrected chi connectivity index (χ2v) is 12.6. The Morgan fingerprint density at radius 3 is 2.77 bits per heavy atom. The summed E-state index contributed by atoms with van der Waals surface area (Å²) in [7, 11) is 3.69. The van der Waals surface area contributed by atoms with Crippen molar-refractivity contribution < 1.29 is 9.53 Å². The summed E-state index contributed by atoms with van der Waals surface area (Å²) in [5.41, 5.74) is 11.7. The molecule has 1 amide bonds. The van der Waals surface area contributed by atoms with Crippen LogP contribution in [0.1, 0.15) is 43.0 Å². The van der Waals surface area contributed by atoms with Gasteiger partial charge in [-0.05, 0) is 61.8 Å². The maximum absolute atomic E-state index is 13.8. The third-order valence-corrected chi connectivity index (χ3v) is 9.74. The van der Waals surface area contributed by atoms with Crippen LogP contribution < -0.4 is 10.5 Å². The number of carbonyl (C=O) groups excluding carboxylic acids is 1. The Morgan fingerprint density at radius 2 is 2.05 bits per heavy atom. The van der Waals surface area contributed by atoms with Gasteiger partial charge in [0.15, 0.2) is 5.82 Å². The molecule has 0 unspecified atom stereocenters. The van der Waals surface area contributed by atoms with Crippen LogP contribution in [0.4, 0.5) is 0 Å². The predicted molar refractivity (Wildman–Crippen MR) is 159 cm³/mol. The summed E-state index contributed by atoms with van der Waals surface area (Å²) >= 11 is 1.77. The number of nitrogens with one attached hydrogen (secondary N) is 1. The van der Waals surface area contributed by atoms with Crippen LogP contribution in [-0.4, -0.2) is 61.4 Å². The van der Waals surface area contributed by atoms with Crippen molar-refractivity contribution in [2.24, 2.45) is 24.6 Å². The molecule has 9 nitrogen and oxygen atoms in total. The SMILES string of the molecule is COc1cc(C(=O)N2C[C@H](C)CC[C@@H]2CN)cc2nc(-c3cc4sc(-c5cn[nH]c5)cc4n3CC3CC3)n(C)c12. The number of hydrogen-bond donors (Lipinski definition) is 2. The Kier molecular flexibility index (Phi) is 6.20. The van der Waals surface area contributed by atoms with Crippen molar-refractivity contribution in [1.29, 1.82) is 0 Å². The van der Waals surface area contributed by atoms with Crippen LogP contribution in [0, 0.1) is 11.8 Å². The highest BCUT2D eigenvalue weighted by Crippen LogP contribution is 2.42. The monoisotopic (exact) mass is 557 g/mol. The number of aromatic nitrogens is 5. The minimum Gasteiger partial charge on any atom is -0.494 e. The lowest BCUT2D eigenvalue weighted by atomic mass is 9.93. The highest BCUT2D eigenvalue weighted by Gasteiger charge is 2.31. The lowest BCUT2D eigenvalue weighted by Crippen LogP contribution is -2.49. The number of nitrogens with zero attached hydrogens (tertiary/aromatic N) is 5. The van der Waals surface area contributed by atoms with E-state index in [1.165, 1.54) is 27.9 Å². The highest BCUT2D eigenvalue weighted by atomic mass is 32.1. The number of carbonyl (C=O) groups is 1. The average Bonchev–Trinajstić information content (AvgIpc) is 3.28. The number of piperidine rings is 1. The van der Waals surface area contributed by atoms with Crippen LogP contribution in [0.3, 0.4) is 0 Å². The first-order valence-corrected chi connectivity index (χ1v) is 14.9. The van der Waals surface area contributed by atoms with Crippen LogP contribution in [-0.2, 0) is 13.6 Å². The zero-order chi connectivity index (χ0) is 27.5. The molecule has 0 bridgehead atoms. The van der Waals surface area contributed by atoms with Crippen molar-refractivity contribution in [1.82, 2.24) is 29.2 Å². The first-order chi connectivity index (χ1) is 19.4. The fourth-order valence-corrected chi connectivity index (χ4v) is 7.28. The normalized spacial score (nSPS) is 19.6. The van der Waals surface area contributed by atoms with Gasteiger partial charge < -0.3 is 24.5 Å². The fourth-order valence-electron chi connectivity index (χ4n) is 6.20. The Morgan fingerprint density at radius 1 is 1.20 bits per heavy atom. The van der Waals surface area contributed by atoms with Crippen LogP contribution in [0.2, 0.25) is 0 Å². The van der Waals surface area contributed by atoms with E-state index in [4.69, 9.17) is 15.5 Å². The second-order valence-electron chi connectivity index (χ2n) is 11.5. The molecule has 0 spiro atoms. The third kappa shape index (κ3) is 4.21. The Balaban J connectivity index is 1.33. The number of methoxy groups -OCH3 is 1. The number of rotatable bonds is 7. The van der Waals surface area contributed by atoms with Crippen molar-refractivity contribution in [2.75, 3.05) is 20.2 Å². The molecule has 2 aliphatic rings. The van der Waals surface area contributed by atoms with Crippen molar-refractivity contribution in [3.63, 3.8) is 0 Å². The summed E-state index contributed by atoms with van der Waals surface area (Å²) in [5, 5.41) is 7.05. The molecular weight excluding hydrogens is 522 g/mol. The molecule has 1 saturated carbocycles. The number of nitrogens with two attached hydrogens (primary N) is 1. The summed E-state index contributed by atoms with van der Waals surface area (Å²) < 4.78 is 11.6. The third-order valence-electron chi connectivity index (χ3n) is 8.62. The van der Waals surface area contributed by atoms with Crippen LogP contribution in [0.25, 0.3) is 43.2 Å². The topological polar surface area (TPSA) is 107 Å². The smallest absolute Gasteiger partial charge is 0.254 e. The number of benzene rings is 1. The van der Waals surface area contributed by atoms with E-state index < -0.39 is 0 Å². The second kappa shape index (κ2) is 9.78. The molecule has 208 valence electrons. The molecule has 40 heavy (non-hydrogen) atoms. The largest absolute Gasteiger partial charge is 0.494 e. The molecule has 10 heteroatoms. The van der Waals surface area contributed by atoms with Gasteiger partial charge in [0.05, 0.1) is 34.7 Å². The number of aryl methyl sites for hydroxylation is 1. The Labute approximate surface area is 236 Å². The predicted octanol–water partition coefficient (Wildman–Crippen LogP) is 5.26. The van der Waals surface area contributed by atoms with Gasteiger partial charge in [-0.1, -0.05) is 6.92 Å². The molecule has 2 atom stereocenters. The molecule has 1 aromatic carbocycles. The first kappa shape index (κ1) is 25.3. The Hall–Kier alpha value is -3.63. The molecule has 1 aliphatic carbocycles. The van der Waals surface area contributed by atoms with Gasteiger partial charge in [0.25, 0.3) is 5.91 Å². The van der Waals surface area contributed by atoms with E-state index in [2.05, 4.69) is 38.4 Å². The van der Waals surface area contributed by atoms with E-state index in [1.54, 1.807) is 18.4 Å². The number of imidazole rings is 1. The number of fused-ring (bicyclic) bond motifs is 2. The van der Waals surface area contributed by atoms with Crippen LogP contribution in [0.15, 0.2) is 36.7 Å². The molecule has 1 aliphatic heterocycles. The average molecular weight is 558 g/mol. The minimum atomic E-state index is -0.00111. The van der Waals surface area contributed by atoms with E-state index in [-0.39, 0.29) is 11.9 Å². The maximum atomic E-state index is 13.8. The molecule has 4 aromatic heterocycles. The zero-order valence-electron chi connectivity index (χ0n) is 23.2. The number of H-pyrrole nitrogens is 1. The Bertz CT molecular complexity index is 1710. The molecule has 5 heterocycles. The van der Waals surface area contributed by atoms with Crippen molar-refractivity contribution in [2.45, 2.75) is 45.2 Å². The fraction of sp³-hybridized carbons (Fsp3) is 0.433. The van der Waals surface area contributed by atoms with Crippen molar-refractivity contribution in [3.8, 4) is 27.7 Å². The van der Waals surface area contributed by atoms with E-state index >= 15 is 0 Å². The van der Waals surface area contributed by atoms with Crippen molar-refractivity contribution in [3.05, 3.63) is 42.2 Å². The van der Waals surface area contributed by atoms with Gasteiger partial charge in [-0.25, -0.2) is 4.98 Å². The van der Waals surface area contributed by atoms with E-state index in [0.29, 0.717) is 29.7 Å². The summed E-state index contributed by atoms with van der Waals surface area (Å²) in [6.45, 7) is 4.36. The molecule has 2 fully saturated rings. The van der Waals surface area contributed by atoms with Gasteiger partial charge in [-0.2, -0.15) is 5.10 Å². The number of ether oxygens (including phenoxy) is 1. The maximum Gasteiger partial charge on any atom is 0.254 e. The van der Waals surface area contributed by atoms with E-state index in [0.717, 1.165) is 54.0 Å². The van der Waals surface area contributed by atoms with Crippen LogP contribution in [0.5, 0.6) is 5.75 Å². The summed E-state index contributed by atoms with van der Waals surface area (Å²) in [6.07, 6.45) is 8.37. The van der Waals surface area contributed by atoms with Gasteiger partial charge >= 0.3 is 0 Å². The molecule has 5 aromatic rings. The summed E-state index contributed by atoms with van der Waals surface area (Å²) in [4.78, 5) is 22.0. The van der Waals surface area contributed by atoms with Gasteiger partial charge in [0.2, 0.25) is 0 Å². The minimum absolute atomic E-state index is 0.00111. The lowest BCUT2D eigenvalue weighted by molar-refractivity contribution is 0.0559. The molecule has 7 rings (SSSR count). The number of aromatic amines is 1. The zero-order valence-corrected chi connectivity index (χ0v) is 24.0. The van der Waals surface area contributed by atoms with Crippen molar-refractivity contribution >= 4 is 38.5 Å². The van der Waals surface area contributed by atoms with E-state index in [1.807, 2.05) is 36.5 Å². The highest BCUT2D eigenvalue weighted by molar-refractivity contribution is 7.22. The lowest BCUT2D eigenvalue weighted by Gasteiger charge is -2.38. The van der Waals surface area contributed by atoms with Gasteiger partial charge in [-0.15, -0.1) is 11.3 Å². The quantitative estimate of drug-likeness (QED) is 0.284. The number of hydrogen-bond acceptors (Lipinski definition) is 6. The molecule has 1 saturated heterocycles. The van der Waals surface area contributed by atoms with Crippen LogP contribution >= 0.6 is 11.3 Å². The first-order valence-electron chi connectivity index (χ1n) is 14.1. The molecular formula is C30H35N7O2S. The summed E-state index contributed by atoms with van der Waals surface area (Å²) in [6, 6.07) is 8.37. The molecule has 0 radical (unpaired) electrons. The summed E-state index contributed by atoms with van der Waals surface area (Å²) in [5.74, 6) is 2.68.